The van der Waals surface area contributed by atoms with Gasteiger partial charge in [0.2, 0.25) is 0 Å². The molecule has 27 heavy (non-hydrogen) atoms. The molecule has 1 aromatic heterocycles. The standard InChI is InChI=1S/C19H17N3O4S/c1-13-5-7-17(8-6-13)27(24,25)22-14-3-2-4-15(11-14)26-16-9-10-21-18(12-16)19(20)23/h2-12,22H,1H3,(H2,20,23). The molecule has 0 atom stereocenters. The molecule has 0 aliphatic carbocycles. The maximum Gasteiger partial charge on any atom is 0.267 e. The third kappa shape index (κ3) is 4.62. The summed E-state index contributed by atoms with van der Waals surface area (Å²) in [5.41, 5.74) is 6.59. The zero-order valence-electron chi connectivity index (χ0n) is 14.4. The van der Waals surface area contributed by atoms with Gasteiger partial charge in [-0.25, -0.2) is 8.42 Å². The van der Waals surface area contributed by atoms with Crippen LogP contribution in [0.15, 0.2) is 71.8 Å². The van der Waals surface area contributed by atoms with Gasteiger partial charge in [-0.3, -0.25) is 14.5 Å². The molecule has 0 saturated carbocycles. The van der Waals surface area contributed by atoms with Crippen LogP contribution in [0.5, 0.6) is 11.5 Å². The van der Waals surface area contributed by atoms with E-state index in [0.29, 0.717) is 17.2 Å². The molecule has 0 fully saturated rings. The van der Waals surface area contributed by atoms with E-state index in [4.69, 9.17) is 10.5 Å². The molecule has 0 bridgehead atoms. The minimum atomic E-state index is -3.71. The van der Waals surface area contributed by atoms with Crippen LogP contribution in [0.4, 0.5) is 5.69 Å². The predicted molar refractivity (Wildman–Crippen MR) is 101 cm³/mol. The molecule has 0 saturated heterocycles. The number of carbonyl (C=O) groups excluding carboxylic acids is 1. The van der Waals surface area contributed by atoms with Gasteiger partial charge in [0.15, 0.2) is 0 Å². The smallest absolute Gasteiger partial charge is 0.267 e. The highest BCUT2D eigenvalue weighted by Crippen LogP contribution is 2.25. The molecule has 8 heteroatoms. The van der Waals surface area contributed by atoms with Crippen LogP contribution in [-0.2, 0) is 10.0 Å². The summed E-state index contributed by atoms with van der Waals surface area (Å²) in [4.78, 5) is 15.2. The highest BCUT2D eigenvalue weighted by Gasteiger charge is 2.14. The minimum Gasteiger partial charge on any atom is -0.457 e. The fourth-order valence-corrected chi connectivity index (χ4v) is 3.35. The number of rotatable bonds is 6. The van der Waals surface area contributed by atoms with E-state index >= 15 is 0 Å². The number of carbonyl (C=O) groups is 1. The first kappa shape index (κ1) is 18.4. The second-order valence-electron chi connectivity index (χ2n) is 5.79. The number of ether oxygens (including phenoxy) is 1. The molecule has 1 heterocycles. The fraction of sp³-hybridized carbons (Fsp3) is 0.0526. The van der Waals surface area contributed by atoms with Crippen LogP contribution in [0.25, 0.3) is 0 Å². The molecule has 7 nitrogen and oxygen atoms in total. The highest BCUT2D eigenvalue weighted by molar-refractivity contribution is 7.92. The minimum absolute atomic E-state index is 0.0729. The van der Waals surface area contributed by atoms with E-state index in [9.17, 15) is 13.2 Å². The molecule has 3 rings (SSSR count). The van der Waals surface area contributed by atoms with Crippen molar-refractivity contribution in [2.24, 2.45) is 5.73 Å². The molecule has 0 aliphatic heterocycles. The van der Waals surface area contributed by atoms with E-state index in [1.807, 2.05) is 6.92 Å². The quantitative estimate of drug-likeness (QED) is 0.679. The number of anilines is 1. The normalized spacial score (nSPS) is 11.0. The third-order valence-electron chi connectivity index (χ3n) is 3.64. The number of aryl methyl sites for hydroxylation is 1. The number of amides is 1. The molecule has 3 aromatic rings. The second kappa shape index (κ2) is 7.46. The Hall–Kier alpha value is -3.39. The van der Waals surface area contributed by atoms with Crippen molar-refractivity contribution in [2.45, 2.75) is 11.8 Å². The Labute approximate surface area is 156 Å². The van der Waals surface area contributed by atoms with E-state index in [1.54, 1.807) is 48.5 Å². The number of sulfonamides is 1. The molecular weight excluding hydrogens is 366 g/mol. The Morgan fingerprint density at radius 2 is 1.74 bits per heavy atom. The van der Waals surface area contributed by atoms with Crippen molar-refractivity contribution in [2.75, 3.05) is 4.72 Å². The van der Waals surface area contributed by atoms with Gasteiger partial charge in [-0.05, 0) is 37.3 Å². The molecule has 2 aromatic carbocycles. The highest BCUT2D eigenvalue weighted by atomic mass is 32.2. The van der Waals surface area contributed by atoms with Crippen LogP contribution in [0, 0.1) is 6.92 Å². The summed E-state index contributed by atoms with van der Waals surface area (Å²) in [5.74, 6) is 0.0816. The SMILES string of the molecule is Cc1ccc(S(=O)(=O)Nc2cccc(Oc3ccnc(C(N)=O)c3)c2)cc1. The number of benzene rings is 2. The number of hydrogen-bond acceptors (Lipinski definition) is 5. The first-order valence-electron chi connectivity index (χ1n) is 7.97. The van der Waals surface area contributed by atoms with E-state index in [1.165, 1.54) is 18.3 Å². The Balaban J connectivity index is 1.80. The zero-order valence-corrected chi connectivity index (χ0v) is 15.2. The second-order valence-corrected chi connectivity index (χ2v) is 7.47. The summed E-state index contributed by atoms with van der Waals surface area (Å²) < 4.78 is 33.2. The maximum absolute atomic E-state index is 12.5. The average molecular weight is 383 g/mol. The van der Waals surface area contributed by atoms with Crippen molar-refractivity contribution >= 4 is 21.6 Å². The first-order valence-corrected chi connectivity index (χ1v) is 9.45. The van der Waals surface area contributed by atoms with Gasteiger partial charge in [0.1, 0.15) is 17.2 Å². The number of nitrogens with zero attached hydrogens (tertiary/aromatic N) is 1. The first-order chi connectivity index (χ1) is 12.8. The van der Waals surface area contributed by atoms with Crippen LogP contribution in [0.3, 0.4) is 0 Å². The average Bonchev–Trinajstić information content (AvgIpc) is 2.62. The molecule has 138 valence electrons. The molecule has 3 N–H and O–H groups in total. The molecule has 0 unspecified atom stereocenters. The van der Waals surface area contributed by atoms with Gasteiger partial charge in [-0.15, -0.1) is 0 Å². The number of hydrogen-bond donors (Lipinski definition) is 2. The van der Waals surface area contributed by atoms with Gasteiger partial charge in [-0.1, -0.05) is 23.8 Å². The predicted octanol–water partition coefficient (Wildman–Crippen LogP) is 3.08. The lowest BCUT2D eigenvalue weighted by Crippen LogP contribution is -2.13. The number of pyridine rings is 1. The summed E-state index contributed by atoms with van der Waals surface area (Å²) in [7, 11) is -3.71. The van der Waals surface area contributed by atoms with Gasteiger partial charge < -0.3 is 10.5 Å². The molecule has 0 spiro atoms. The van der Waals surface area contributed by atoms with Crippen LogP contribution >= 0.6 is 0 Å². The Kier molecular flexibility index (Phi) is 5.09. The van der Waals surface area contributed by atoms with E-state index in [-0.39, 0.29) is 10.6 Å². The summed E-state index contributed by atoms with van der Waals surface area (Å²) in [6.07, 6.45) is 1.40. The summed E-state index contributed by atoms with van der Waals surface area (Å²) >= 11 is 0. The maximum atomic E-state index is 12.5. The van der Waals surface area contributed by atoms with E-state index in [2.05, 4.69) is 9.71 Å². The van der Waals surface area contributed by atoms with Crippen molar-refractivity contribution in [1.29, 1.82) is 0 Å². The summed E-state index contributed by atoms with van der Waals surface area (Å²) in [6.45, 7) is 1.88. The number of nitrogens with two attached hydrogens (primary N) is 1. The van der Waals surface area contributed by atoms with E-state index < -0.39 is 15.9 Å². The van der Waals surface area contributed by atoms with Gasteiger partial charge in [0, 0.05) is 18.3 Å². The molecule has 1 amide bonds. The van der Waals surface area contributed by atoms with Crippen molar-refractivity contribution in [1.82, 2.24) is 4.98 Å². The van der Waals surface area contributed by atoms with Gasteiger partial charge in [-0.2, -0.15) is 0 Å². The topological polar surface area (TPSA) is 111 Å². The lowest BCUT2D eigenvalue weighted by atomic mass is 10.2. The van der Waals surface area contributed by atoms with Crippen LogP contribution in [0.2, 0.25) is 0 Å². The monoisotopic (exact) mass is 383 g/mol. The van der Waals surface area contributed by atoms with Gasteiger partial charge >= 0.3 is 0 Å². The molecular formula is C19H17N3O4S. The Morgan fingerprint density at radius 1 is 1.04 bits per heavy atom. The summed E-state index contributed by atoms with van der Waals surface area (Å²) in [6, 6.07) is 16.0. The van der Waals surface area contributed by atoms with Crippen LogP contribution < -0.4 is 15.2 Å². The zero-order chi connectivity index (χ0) is 19.4. The lowest BCUT2D eigenvalue weighted by molar-refractivity contribution is 0.0995. The fourth-order valence-electron chi connectivity index (χ4n) is 2.30. The third-order valence-corrected chi connectivity index (χ3v) is 5.03. The van der Waals surface area contributed by atoms with Crippen molar-refractivity contribution in [3.05, 3.63) is 78.1 Å². The number of aromatic nitrogens is 1. The van der Waals surface area contributed by atoms with Gasteiger partial charge in [0.25, 0.3) is 15.9 Å². The molecule has 0 radical (unpaired) electrons. The van der Waals surface area contributed by atoms with Crippen LogP contribution in [-0.4, -0.2) is 19.3 Å². The van der Waals surface area contributed by atoms with Gasteiger partial charge in [0.05, 0.1) is 10.6 Å². The number of primary amides is 1. The Bertz CT molecular complexity index is 1080. The lowest BCUT2D eigenvalue weighted by Gasteiger charge is -2.11. The van der Waals surface area contributed by atoms with Crippen molar-refractivity contribution < 1.29 is 17.9 Å². The Morgan fingerprint density at radius 3 is 2.44 bits per heavy atom. The number of nitrogens with one attached hydrogen (secondary N) is 1. The molecule has 0 aliphatic rings. The summed E-state index contributed by atoms with van der Waals surface area (Å²) in [5, 5.41) is 0. The van der Waals surface area contributed by atoms with E-state index in [0.717, 1.165) is 5.56 Å². The van der Waals surface area contributed by atoms with Crippen molar-refractivity contribution in [3.8, 4) is 11.5 Å². The van der Waals surface area contributed by atoms with Crippen LogP contribution in [0.1, 0.15) is 16.1 Å². The van der Waals surface area contributed by atoms with Crippen molar-refractivity contribution in [3.63, 3.8) is 0 Å². The largest absolute Gasteiger partial charge is 0.457 e.